The SMILES string of the molecule is CCc1nc2ccccc2n1CC(=O)NC1(c2ccc(F)cc2)CCCC1. The average molecular weight is 365 g/mol. The molecule has 1 fully saturated rings. The highest BCUT2D eigenvalue weighted by molar-refractivity contribution is 5.81. The largest absolute Gasteiger partial charge is 0.345 e. The minimum atomic E-state index is -0.395. The van der Waals surface area contributed by atoms with Crippen LogP contribution in [0.3, 0.4) is 0 Å². The Morgan fingerprint density at radius 3 is 2.56 bits per heavy atom. The van der Waals surface area contributed by atoms with Gasteiger partial charge in [-0.15, -0.1) is 0 Å². The van der Waals surface area contributed by atoms with Gasteiger partial charge in [-0.25, -0.2) is 9.37 Å². The van der Waals surface area contributed by atoms with Crippen LogP contribution in [0.15, 0.2) is 48.5 Å². The number of hydrogen-bond acceptors (Lipinski definition) is 2. The van der Waals surface area contributed by atoms with E-state index in [2.05, 4.69) is 10.3 Å². The molecule has 1 saturated carbocycles. The van der Waals surface area contributed by atoms with Crippen molar-refractivity contribution < 1.29 is 9.18 Å². The van der Waals surface area contributed by atoms with Crippen molar-refractivity contribution in [3.8, 4) is 0 Å². The molecular formula is C22H24FN3O. The van der Waals surface area contributed by atoms with Crippen LogP contribution in [0.25, 0.3) is 11.0 Å². The van der Waals surface area contributed by atoms with Crippen molar-refractivity contribution in [1.82, 2.24) is 14.9 Å². The number of nitrogens with one attached hydrogen (secondary N) is 1. The van der Waals surface area contributed by atoms with Crippen molar-refractivity contribution in [2.24, 2.45) is 0 Å². The number of fused-ring (bicyclic) bond motifs is 1. The van der Waals surface area contributed by atoms with Gasteiger partial charge in [0.05, 0.1) is 16.6 Å². The second-order valence-corrected chi connectivity index (χ2v) is 7.30. The summed E-state index contributed by atoms with van der Waals surface area (Å²) in [6, 6.07) is 14.4. The number of carbonyl (C=O) groups is 1. The quantitative estimate of drug-likeness (QED) is 0.732. The number of rotatable bonds is 5. The summed E-state index contributed by atoms with van der Waals surface area (Å²) >= 11 is 0. The molecule has 140 valence electrons. The summed E-state index contributed by atoms with van der Waals surface area (Å²) in [7, 11) is 0. The Morgan fingerprint density at radius 2 is 1.85 bits per heavy atom. The molecule has 1 heterocycles. The lowest BCUT2D eigenvalue weighted by Crippen LogP contribution is -2.45. The smallest absolute Gasteiger partial charge is 0.240 e. The predicted octanol–water partition coefficient (Wildman–Crippen LogP) is 4.32. The summed E-state index contributed by atoms with van der Waals surface area (Å²) in [6.07, 6.45) is 4.66. The Labute approximate surface area is 158 Å². The van der Waals surface area contributed by atoms with Crippen LogP contribution in [0.4, 0.5) is 4.39 Å². The number of imidazole rings is 1. The maximum absolute atomic E-state index is 13.3. The van der Waals surface area contributed by atoms with Gasteiger partial charge in [0.15, 0.2) is 0 Å². The first-order valence-electron chi connectivity index (χ1n) is 9.62. The zero-order chi connectivity index (χ0) is 18.9. The molecule has 5 heteroatoms. The highest BCUT2D eigenvalue weighted by atomic mass is 19.1. The number of para-hydroxylation sites is 2. The van der Waals surface area contributed by atoms with E-state index in [0.717, 1.165) is 54.5 Å². The summed E-state index contributed by atoms with van der Waals surface area (Å²) in [5, 5.41) is 3.27. The van der Waals surface area contributed by atoms with E-state index in [9.17, 15) is 9.18 Å². The molecule has 4 nitrogen and oxygen atoms in total. The summed E-state index contributed by atoms with van der Waals surface area (Å²) in [4.78, 5) is 17.6. The fourth-order valence-electron chi connectivity index (χ4n) is 4.26. The maximum Gasteiger partial charge on any atom is 0.240 e. The van der Waals surface area contributed by atoms with Crippen molar-refractivity contribution in [1.29, 1.82) is 0 Å². The third-order valence-electron chi connectivity index (χ3n) is 5.58. The minimum absolute atomic E-state index is 0.0286. The Morgan fingerprint density at radius 1 is 1.15 bits per heavy atom. The lowest BCUT2D eigenvalue weighted by atomic mass is 9.88. The van der Waals surface area contributed by atoms with Gasteiger partial charge < -0.3 is 9.88 Å². The number of amides is 1. The van der Waals surface area contributed by atoms with Gasteiger partial charge in [0, 0.05) is 6.42 Å². The zero-order valence-electron chi connectivity index (χ0n) is 15.5. The van der Waals surface area contributed by atoms with Crippen LogP contribution in [0.1, 0.15) is 44.0 Å². The number of hydrogen-bond donors (Lipinski definition) is 1. The van der Waals surface area contributed by atoms with Gasteiger partial charge in [0.25, 0.3) is 0 Å². The van der Waals surface area contributed by atoms with E-state index >= 15 is 0 Å². The number of carbonyl (C=O) groups excluding carboxylic acids is 1. The van der Waals surface area contributed by atoms with Crippen molar-refractivity contribution in [2.45, 2.75) is 51.1 Å². The van der Waals surface area contributed by atoms with Crippen LogP contribution in [0.2, 0.25) is 0 Å². The fraction of sp³-hybridized carbons (Fsp3) is 0.364. The molecule has 0 radical (unpaired) electrons. The van der Waals surface area contributed by atoms with E-state index in [1.54, 1.807) is 12.1 Å². The molecule has 0 unspecified atom stereocenters. The number of benzene rings is 2. The first-order valence-corrected chi connectivity index (χ1v) is 9.62. The molecule has 0 atom stereocenters. The Hall–Kier alpha value is -2.69. The second kappa shape index (κ2) is 7.14. The number of nitrogens with zero attached hydrogens (tertiary/aromatic N) is 2. The van der Waals surface area contributed by atoms with Gasteiger partial charge in [0.2, 0.25) is 5.91 Å². The molecule has 0 bridgehead atoms. The summed E-state index contributed by atoms with van der Waals surface area (Å²) in [5.41, 5.74) is 2.48. The van der Waals surface area contributed by atoms with E-state index in [-0.39, 0.29) is 18.3 Å². The summed E-state index contributed by atoms with van der Waals surface area (Å²) in [6.45, 7) is 2.29. The normalized spacial score (nSPS) is 15.9. The van der Waals surface area contributed by atoms with Crippen LogP contribution in [0.5, 0.6) is 0 Å². The van der Waals surface area contributed by atoms with Gasteiger partial charge in [-0.1, -0.05) is 44.0 Å². The van der Waals surface area contributed by atoms with Gasteiger partial charge in [-0.3, -0.25) is 4.79 Å². The predicted molar refractivity (Wildman–Crippen MR) is 104 cm³/mol. The third kappa shape index (κ3) is 3.34. The van der Waals surface area contributed by atoms with Crippen LogP contribution >= 0.6 is 0 Å². The highest BCUT2D eigenvalue weighted by Crippen LogP contribution is 2.38. The Kier molecular flexibility index (Phi) is 4.68. The van der Waals surface area contributed by atoms with E-state index in [4.69, 9.17) is 0 Å². The van der Waals surface area contributed by atoms with Crippen LogP contribution < -0.4 is 5.32 Å². The maximum atomic E-state index is 13.3. The molecule has 1 amide bonds. The number of aromatic nitrogens is 2. The van der Waals surface area contributed by atoms with Crippen LogP contribution in [0, 0.1) is 5.82 Å². The van der Waals surface area contributed by atoms with Crippen molar-refractivity contribution in [3.63, 3.8) is 0 Å². The van der Waals surface area contributed by atoms with Crippen molar-refractivity contribution in [2.75, 3.05) is 0 Å². The lowest BCUT2D eigenvalue weighted by molar-refractivity contribution is -0.123. The Bertz CT molecular complexity index is 955. The second-order valence-electron chi connectivity index (χ2n) is 7.30. The standard InChI is InChI=1S/C22H24FN3O/c1-2-20-24-18-7-3-4-8-19(18)26(20)15-21(27)25-22(13-5-6-14-22)16-9-11-17(23)12-10-16/h3-4,7-12H,2,5-6,13-15H2,1H3,(H,25,27). The van der Waals surface area contributed by atoms with E-state index < -0.39 is 5.54 Å². The van der Waals surface area contributed by atoms with Gasteiger partial charge in [0.1, 0.15) is 18.2 Å². The van der Waals surface area contributed by atoms with Crippen molar-refractivity contribution >= 4 is 16.9 Å². The molecule has 3 aromatic rings. The highest BCUT2D eigenvalue weighted by Gasteiger charge is 2.37. The molecule has 1 aliphatic carbocycles. The van der Waals surface area contributed by atoms with E-state index in [1.807, 2.05) is 35.8 Å². The molecule has 1 N–H and O–H groups in total. The molecule has 0 aliphatic heterocycles. The molecule has 2 aromatic carbocycles. The van der Waals surface area contributed by atoms with Crippen LogP contribution in [-0.4, -0.2) is 15.5 Å². The summed E-state index contributed by atoms with van der Waals surface area (Å²) in [5.74, 6) is 0.628. The molecule has 27 heavy (non-hydrogen) atoms. The number of aryl methyl sites for hydroxylation is 1. The van der Waals surface area contributed by atoms with E-state index in [1.165, 1.54) is 12.1 Å². The van der Waals surface area contributed by atoms with E-state index in [0.29, 0.717) is 0 Å². The molecule has 0 spiro atoms. The first kappa shape index (κ1) is 17.7. The first-order chi connectivity index (χ1) is 13.1. The zero-order valence-corrected chi connectivity index (χ0v) is 15.5. The monoisotopic (exact) mass is 365 g/mol. The minimum Gasteiger partial charge on any atom is -0.345 e. The summed E-state index contributed by atoms with van der Waals surface area (Å²) < 4.78 is 15.3. The molecule has 1 aromatic heterocycles. The van der Waals surface area contributed by atoms with Gasteiger partial charge >= 0.3 is 0 Å². The number of halogens is 1. The third-order valence-corrected chi connectivity index (χ3v) is 5.58. The average Bonchev–Trinajstić information content (AvgIpc) is 3.28. The molecule has 1 aliphatic rings. The lowest BCUT2D eigenvalue weighted by Gasteiger charge is -2.31. The van der Waals surface area contributed by atoms with Crippen LogP contribution in [-0.2, 0) is 23.3 Å². The Balaban J connectivity index is 1.61. The fourth-order valence-corrected chi connectivity index (χ4v) is 4.26. The van der Waals surface area contributed by atoms with Gasteiger partial charge in [-0.2, -0.15) is 0 Å². The molecular weight excluding hydrogens is 341 g/mol. The van der Waals surface area contributed by atoms with Gasteiger partial charge in [-0.05, 0) is 42.7 Å². The molecule has 0 saturated heterocycles. The topological polar surface area (TPSA) is 46.9 Å². The molecule has 4 rings (SSSR count). The van der Waals surface area contributed by atoms with Crippen molar-refractivity contribution in [3.05, 3.63) is 65.7 Å².